The summed E-state index contributed by atoms with van der Waals surface area (Å²) in [5, 5.41) is 2.74. The molecule has 110 valence electrons. The molecule has 3 N–H and O–H groups in total. The molecule has 2 aromatic rings. The van der Waals surface area contributed by atoms with Gasteiger partial charge >= 0.3 is 0 Å². The maximum absolute atomic E-state index is 12.2. The summed E-state index contributed by atoms with van der Waals surface area (Å²) in [5.41, 5.74) is 6.17. The first-order valence-electron chi connectivity index (χ1n) is 5.87. The van der Waals surface area contributed by atoms with E-state index in [1.165, 1.54) is 20.3 Å². The Morgan fingerprint density at radius 3 is 2.38 bits per heavy atom. The summed E-state index contributed by atoms with van der Waals surface area (Å²) in [6, 6.07) is 6.28. The van der Waals surface area contributed by atoms with Crippen molar-refractivity contribution < 1.29 is 14.3 Å². The van der Waals surface area contributed by atoms with Gasteiger partial charge in [0.2, 0.25) is 17.7 Å². The van der Waals surface area contributed by atoms with E-state index in [4.69, 9.17) is 26.8 Å². The third-order valence-corrected chi connectivity index (χ3v) is 2.91. The molecule has 0 fully saturated rings. The Bertz CT molecular complexity index is 636. The van der Waals surface area contributed by atoms with Crippen molar-refractivity contribution in [2.45, 2.75) is 0 Å². The number of nitrogens with two attached hydrogens (primary N) is 1. The predicted octanol–water partition coefficient (Wildman–Crippen LogP) is 1.98. The Kier molecular flexibility index (Phi) is 4.44. The summed E-state index contributed by atoms with van der Waals surface area (Å²) < 4.78 is 10.00. The summed E-state index contributed by atoms with van der Waals surface area (Å²) in [6.45, 7) is 0. The number of nitrogen functional groups attached to an aromatic ring is 1. The molecule has 0 aliphatic rings. The summed E-state index contributed by atoms with van der Waals surface area (Å²) in [7, 11) is 2.89. The fraction of sp³-hybridized carbons (Fsp3) is 0.154. The molecule has 0 unspecified atom stereocenters. The monoisotopic (exact) mass is 308 g/mol. The molecule has 0 radical (unpaired) electrons. The van der Waals surface area contributed by atoms with Crippen LogP contribution in [0.15, 0.2) is 24.3 Å². The second-order valence-electron chi connectivity index (χ2n) is 3.93. The number of nitrogens with zero attached hydrogens (tertiary/aromatic N) is 2. The lowest BCUT2D eigenvalue weighted by molar-refractivity contribution is 0.102. The number of carbonyl (C=O) groups excluding carboxylic acids is 1. The van der Waals surface area contributed by atoms with Crippen LogP contribution < -0.4 is 20.5 Å². The number of nitrogens with one attached hydrogen (secondary N) is 1. The van der Waals surface area contributed by atoms with Gasteiger partial charge in [-0.15, -0.1) is 0 Å². The van der Waals surface area contributed by atoms with Crippen LogP contribution in [0.3, 0.4) is 0 Å². The summed E-state index contributed by atoms with van der Waals surface area (Å²) in [4.78, 5) is 20.2. The Morgan fingerprint density at radius 2 is 1.86 bits per heavy atom. The van der Waals surface area contributed by atoms with E-state index in [-0.39, 0.29) is 34.0 Å². The van der Waals surface area contributed by atoms with Gasteiger partial charge in [0.05, 0.1) is 30.9 Å². The SMILES string of the molecule is COc1cc(OC)nc(NC(=O)c2c(N)cccc2Cl)n1. The zero-order valence-corrected chi connectivity index (χ0v) is 12.1. The van der Waals surface area contributed by atoms with Gasteiger partial charge in [0.15, 0.2) is 0 Å². The van der Waals surface area contributed by atoms with Gasteiger partial charge in [-0.05, 0) is 12.1 Å². The summed E-state index contributed by atoms with van der Waals surface area (Å²) in [6.07, 6.45) is 0. The molecule has 0 saturated carbocycles. The third-order valence-electron chi connectivity index (χ3n) is 2.60. The smallest absolute Gasteiger partial charge is 0.261 e. The van der Waals surface area contributed by atoms with Gasteiger partial charge in [0, 0.05) is 5.69 Å². The van der Waals surface area contributed by atoms with Crippen molar-refractivity contribution in [1.29, 1.82) is 0 Å². The molecule has 1 aromatic carbocycles. The molecule has 8 heteroatoms. The van der Waals surface area contributed by atoms with Crippen LogP contribution in [0.1, 0.15) is 10.4 Å². The first-order chi connectivity index (χ1) is 10.0. The highest BCUT2D eigenvalue weighted by molar-refractivity contribution is 6.35. The lowest BCUT2D eigenvalue weighted by Gasteiger charge is -2.09. The minimum atomic E-state index is -0.520. The number of methoxy groups -OCH3 is 2. The van der Waals surface area contributed by atoms with E-state index in [1.54, 1.807) is 18.2 Å². The van der Waals surface area contributed by atoms with Gasteiger partial charge < -0.3 is 15.2 Å². The number of carbonyl (C=O) groups is 1. The van der Waals surface area contributed by atoms with Crippen molar-refractivity contribution >= 4 is 29.1 Å². The fourth-order valence-electron chi connectivity index (χ4n) is 1.61. The number of benzene rings is 1. The molecule has 0 aliphatic heterocycles. The van der Waals surface area contributed by atoms with Crippen molar-refractivity contribution in [3.05, 3.63) is 34.9 Å². The second-order valence-corrected chi connectivity index (χ2v) is 4.34. The standard InChI is InChI=1S/C13H13ClN4O3/c1-20-9-6-10(21-2)17-13(16-9)18-12(19)11-7(14)4-3-5-8(11)15/h3-6H,15H2,1-2H3,(H,16,17,18,19). The molecular formula is C13H13ClN4O3. The highest BCUT2D eigenvalue weighted by atomic mass is 35.5. The Hall–Kier alpha value is -2.54. The molecule has 21 heavy (non-hydrogen) atoms. The average molecular weight is 309 g/mol. The van der Waals surface area contributed by atoms with Gasteiger partial charge in [0.1, 0.15) is 0 Å². The number of anilines is 2. The highest BCUT2D eigenvalue weighted by Crippen LogP contribution is 2.23. The van der Waals surface area contributed by atoms with Crippen LogP contribution in [0, 0.1) is 0 Å². The Morgan fingerprint density at radius 1 is 1.24 bits per heavy atom. The molecule has 2 rings (SSSR count). The lowest BCUT2D eigenvalue weighted by atomic mass is 10.1. The van der Waals surface area contributed by atoms with Crippen molar-refractivity contribution in [1.82, 2.24) is 9.97 Å². The van der Waals surface area contributed by atoms with Crippen LogP contribution in [0.2, 0.25) is 5.02 Å². The summed E-state index contributed by atoms with van der Waals surface area (Å²) >= 11 is 5.98. The van der Waals surface area contributed by atoms with Crippen molar-refractivity contribution in [2.75, 3.05) is 25.3 Å². The summed E-state index contributed by atoms with van der Waals surface area (Å²) in [5.74, 6) is 0.0116. The van der Waals surface area contributed by atoms with Crippen LogP contribution in [-0.2, 0) is 0 Å². The lowest BCUT2D eigenvalue weighted by Crippen LogP contribution is -2.17. The number of halogens is 1. The van der Waals surface area contributed by atoms with Crippen LogP contribution in [0.5, 0.6) is 11.8 Å². The molecule has 1 heterocycles. The molecule has 0 spiro atoms. The van der Waals surface area contributed by atoms with Crippen LogP contribution >= 0.6 is 11.6 Å². The van der Waals surface area contributed by atoms with E-state index in [2.05, 4.69) is 15.3 Å². The molecule has 0 aliphatic carbocycles. The number of rotatable bonds is 4. The first-order valence-corrected chi connectivity index (χ1v) is 6.25. The molecule has 1 aromatic heterocycles. The fourth-order valence-corrected chi connectivity index (χ4v) is 1.88. The predicted molar refractivity (Wildman–Crippen MR) is 79.0 cm³/mol. The highest BCUT2D eigenvalue weighted by Gasteiger charge is 2.16. The van der Waals surface area contributed by atoms with E-state index in [1.807, 2.05) is 0 Å². The normalized spacial score (nSPS) is 10.0. The topological polar surface area (TPSA) is 99.4 Å². The van der Waals surface area contributed by atoms with Crippen molar-refractivity contribution in [3.8, 4) is 11.8 Å². The van der Waals surface area contributed by atoms with E-state index in [0.29, 0.717) is 0 Å². The quantitative estimate of drug-likeness (QED) is 0.838. The first kappa shape index (κ1) is 14.9. The number of ether oxygens (including phenoxy) is 2. The van der Waals surface area contributed by atoms with Gasteiger partial charge in [-0.3, -0.25) is 10.1 Å². The Labute approximate surface area is 126 Å². The average Bonchev–Trinajstić information content (AvgIpc) is 2.46. The number of hydrogen-bond acceptors (Lipinski definition) is 6. The van der Waals surface area contributed by atoms with Gasteiger partial charge in [-0.1, -0.05) is 17.7 Å². The van der Waals surface area contributed by atoms with E-state index >= 15 is 0 Å². The van der Waals surface area contributed by atoms with Gasteiger partial charge in [-0.25, -0.2) is 0 Å². The van der Waals surface area contributed by atoms with Crippen molar-refractivity contribution in [2.24, 2.45) is 0 Å². The largest absolute Gasteiger partial charge is 0.481 e. The zero-order valence-electron chi connectivity index (χ0n) is 11.4. The Balaban J connectivity index is 2.31. The molecule has 7 nitrogen and oxygen atoms in total. The van der Waals surface area contributed by atoms with E-state index in [0.717, 1.165) is 0 Å². The molecular weight excluding hydrogens is 296 g/mol. The zero-order chi connectivity index (χ0) is 15.4. The third kappa shape index (κ3) is 3.32. The number of aromatic nitrogens is 2. The molecule has 1 amide bonds. The molecule has 0 bridgehead atoms. The maximum atomic E-state index is 12.2. The van der Waals surface area contributed by atoms with Crippen molar-refractivity contribution in [3.63, 3.8) is 0 Å². The van der Waals surface area contributed by atoms with E-state index in [9.17, 15) is 4.79 Å². The second kappa shape index (κ2) is 6.27. The maximum Gasteiger partial charge on any atom is 0.261 e. The minimum absolute atomic E-state index is 0.0236. The minimum Gasteiger partial charge on any atom is -0.481 e. The van der Waals surface area contributed by atoms with E-state index < -0.39 is 5.91 Å². The van der Waals surface area contributed by atoms with Crippen LogP contribution in [0.25, 0.3) is 0 Å². The van der Waals surface area contributed by atoms with Gasteiger partial charge in [0.25, 0.3) is 5.91 Å². The molecule has 0 atom stereocenters. The number of amides is 1. The number of hydrogen-bond donors (Lipinski definition) is 2. The molecule has 0 saturated heterocycles. The van der Waals surface area contributed by atoms with Crippen LogP contribution in [-0.4, -0.2) is 30.1 Å². The van der Waals surface area contributed by atoms with Crippen LogP contribution in [0.4, 0.5) is 11.6 Å². The van der Waals surface area contributed by atoms with Gasteiger partial charge in [-0.2, -0.15) is 9.97 Å².